The van der Waals surface area contributed by atoms with E-state index >= 15 is 0 Å². The largest absolute Gasteiger partial charge is 0.398 e. The van der Waals surface area contributed by atoms with Gasteiger partial charge in [-0.15, -0.1) is 0 Å². The minimum atomic E-state index is -0.0938. The number of aliphatic hydroxyl groups excluding tert-OH is 1. The Labute approximate surface area is 115 Å². The summed E-state index contributed by atoms with van der Waals surface area (Å²) in [5.74, 6) is -0.0938. The van der Waals surface area contributed by atoms with Crippen molar-refractivity contribution < 1.29 is 9.90 Å². The van der Waals surface area contributed by atoms with Crippen LogP contribution in [-0.4, -0.2) is 35.6 Å². The molecule has 0 spiro atoms. The highest BCUT2D eigenvalue weighted by Crippen LogP contribution is 2.14. The first kappa shape index (κ1) is 15.5. The lowest BCUT2D eigenvalue weighted by Gasteiger charge is -2.22. The van der Waals surface area contributed by atoms with Crippen molar-refractivity contribution in [2.45, 2.75) is 32.6 Å². The second kappa shape index (κ2) is 8.53. The van der Waals surface area contributed by atoms with Crippen LogP contribution in [0.25, 0.3) is 0 Å². The number of unbranched alkanes of at least 4 members (excludes halogenated alkanes) is 3. The highest BCUT2D eigenvalue weighted by Gasteiger charge is 2.16. The summed E-state index contributed by atoms with van der Waals surface area (Å²) in [6.45, 7) is 3.17. The molecule has 0 aliphatic rings. The molecule has 0 bridgehead atoms. The van der Waals surface area contributed by atoms with Crippen LogP contribution >= 0.6 is 0 Å². The number of nitrogens with zero attached hydrogens (tertiary/aromatic N) is 1. The molecule has 0 unspecified atom stereocenters. The number of nitrogens with two attached hydrogens (primary N) is 1. The molecule has 1 amide bonds. The second-order valence-electron chi connectivity index (χ2n) is 4.66. The van der Waals surface area contributed by atoms with Crippen LogP contribution in [0.3, 0.4) is 0 Å². The van der Waals surface area contributed by atoms with Crippen molar-refractivity contribution in [3.8, 4) is 0 Å². The molecule has 0 saturated heterocycles. The number of hydrogen-bond donors (Lipinski definition) is 2. The maximum atomic E-state index is 12.4. The molecule has 3 N–H and O–H groups in total. The first-order chi connectivity index (χ1) is 9.20. The molecule has 0 radical (unpaired) electrons. The predicted molar refractivity (Wildman–Crippen MR) is 78.0 cm³/mol. The zero-order valence-corrected chi connectivity index (χ0v) is 11.6. The van der Waals surface area contributed by atoms with Crippen LogP contribution in [0.2, 0.25) is 0 Å². The molecule has 4 nitrogen and oxygen atoms in total. The molecule has 0 fully saturated rings. The highest BCUT2D eigenvalue weighted by molar-refractivity contribution is 5.99. The summed E-state index contributed by atoms with van der Waals surface area (Å²) in [6, 6.07) is 7.07. The Hall–Kier alpha value is -1.55. The maximum absolute atomic E-state index is 12.4. The third-order valence-electron chi connectivity index (χ3n) is 3.13. The Morgan fingerprint density at radius 2 is 1.95 bits per heavy atom. The van der Waals surface area contributed by atoms with Gasteiger partial charge in [0.1, 0.15) is 0 Å². The molecule has 0 aliphatic heterocycles. The first-order valence-corrected chi connectivity index (χ1v) is 6.95. The van der Waals surface area contributed by atoms with Gasteiger partial charge in [-0.05, 0) is 18.6 Å². The minimum absolute atomic E-state index is 0.0216. The van der Waals surface area contributed by atoms with Gasteiger partial charge < -0.3 is 15.7 Å². The van der Waals surface area contributed by atoms with E-state index in [9.17, 15) is 4.79 Å². The van der Waals surface area contributed by atoms with Crippen LogP contribution in [0, 0.1) is 0 Å². The standard InChI is InChI=1S/C15H24N2O2/c1-2-3-4-7-10-17(11-12-18)15(19)13-8-5-6-9-14(13)16/h5-6,8-9,18H,2-4,7,10-12,16H2,1H3. The van der Waals surface area contributed by atoms with Crippen LogP contribution in [0.5, 0.6) is 0 Å². The summed E-state index contributed by atoms with van der Waals surface area (Å²) in [5, 5.41) is 9.08. The van der Waals surface area contributed by atoms with E-state index in [-0.39, 0.29) is 12.5 Å². The van der Waals surface area contributed by atoms with Crippen molar-refractivity contribution in [2.75, 3.05) is 25.4 Å². The predicted octanol–water partition coefficient (Wildman–Crippen LogP) is 2.28. The topological polar surface area (TPSA) is 66.6 Å². The van der Waals surface area contributed by atoms with Gasteiger partial charge in [0.05, 0.1) is 12.2 Å². The molecule has 106 valence electrons. The van der Waals surface area contributed by atoms with E-state index in [1.165, 1.54) is 12.8 Å². The Morgan fingerprint density at radius 3 is 2.58 bits per heavy atom. The number of hydrogen-bond acceptors (Lipinski definition) is 3. The van der Waals surface area contributed by atoms with Crippen molar-refractivity contribution in [1.29, 1.82) is 0 Å². The molecule has 0 atom stereocenters. The summed E-state index contributed by atoms with van der Waals surface area (Å²) in [6.07, 6.45) is 4.41. The van der Waals surface area contributed by atoms with E-state index in [0.29, 0.717) is 24.3 Å². The van der Waals surface area contributed by atoms with Gasteiger partial charge in [-0.2, -0.15) is 0 Å². The summed E-state index contributed by atoms with van der Waals surface area (Å²) in [7, 11) is 0. The molecule has 1 aromatic rings. The number of aliphatic hydroxyl groups is 1. The number of nitrogen functional groups attached to an aromatic ring is 1. The molecule has 19 heavy (non-hydrogen) atoms. The third kappa shape index (κ3) is 4.91. The minimum Gasteiger partial charge on any atom is -0.398 e. The second-order valence-corrected chi connectivity index (χ2v) is 4.66. The quantitative estimate of drug-likeness (QED) is 0.559. The summed E-state index contributed by atoms with van der Waals surface area (Å²) in [4.78, 5) is 14.0. The van der Waals surface area contributed by atoms with E-state index in [2.05, 4.69) is 6.92 Å². The fourth-order valence-electron chi connectivity index (χ4n) is 2.03. The lowest BCUT2D eigenvalue weighted by atomic mass is 10.1. The molecule has 4 heteroatoms. The van der Waals surface area contributed by atoms with Gasteiger partial charge in [0.2, 0.25) is 0 Å². The van der Waals surface area contributed by atoms with E-state index in [1.54, 1.807) is 23.1 Å². The highest BCUT2D eigenvalue weighted by atomic mass is 16.3. The number of amides is 1. The van der Waals surface area contributed by atoms with Crippen LogP contribution in [0.15, 0.2) is 24.3 Å². The van der Waals surface area contributed by atoms with E-state index in [4.69, 9.17) is 10.8 Å². The van der Waals surface area contributed by atoms with E-state index in [1.807, 2.05) is 6.07 Å². The number of para-hydroxylation sites is 1. The Bertz CT molecular complexity index is 393. The van der Waals surface area contributed by atoms with Crippen molar-refractivity contribution in [2.24, 2.45) is 0 Å². The lowest BCUT2D eigenvalue weighted by Crippen LogP contribution is -2.34. The molecular formula is C15H24N2O2. The number of carbonyl (C=O) groups is 1. The van der Waals surface area contributed by atoms with Crippen molar-refractivity contribution in [1.82, 2.24) is 4.90 Å². The molecular weight excluding hydrogens is 240 g/mol. The number of anilines is 1. The normalized spacial score (nSPS) is 10.4. The maximum Gasteiger partial charge on any atom is 0.256 e. The SMILES string of the molecule is CCCCCCN(CCO)C(=O)c1ccccc1N. The number of carbonyl (C=O) groups excluding carboxylic acids is 1. The Kier molecular flexibility index (Phi) is 6.97. The van der Waals surface area contributed by atoms with Gasteiger partial charge in [-0.1, -0.05) is 38.3 Å². The first-order valence-electron chi connectivity index (χ1n) is 6.95. The van der Waals surface area contributed by atoms with Crippen LogP contribution in [0.1, 0.15) is 43.0 Å². The number of rotatable bonds is 8. The Balaban J connectivity index is 2.64. The fraction of sp³-hybridized carbons (Fsp3) is 0.533. The van der Waals surface area contributed by atoms with Crippen LogP contribution < -0.4 is 5.73 Å². The van der Waals surface area contributed by atoms with E-state index in [0.717, 1.165) is 12.8 Å². The van der Waals surface area contributed by atoms with Gasteiger partial charge in [0.25, 0.3) is 5.91 Å². The molecule has 0 heterocycles. The Morgan fingerprint density at radius 1 is 1.21 bits per heavy atom. The zero-order chi connectivity index (χ0) is 14.1. The van der Waals surface area contributed by atoms with Crippen molar-refractivity contribution in [3.05, 3.63) is 29.8 Å². The molecule has 1 rings (SSSR count). The van der Waals surface area contributed by atoms with Crippen molar-refractivity contribution in [3.63, 3.8) is 0 Å². The monoisotopic (exact) mass is 264 g/mol. The fourth-order valence-corrected chi connectivity index (χ4v) is 2.03. The third-order valence-corrected chi connectivity index (χ3v) is 3.13. The average Bonchev–Trinajstić information content (AvgIpc) is 2.42. The summed E-state index contributed by atoms with van der Waals surface area (Å²) < 4.78 is 0. The molecule has 0 aliphatic carbocycles. The van der Waals surface area contributed by atoms with E-state index < -0.39 is 0 Å². The molecule has 1 aromatic carbocycles. The zero-order valence-electron chi connectivity index (χ0n) is 11.6. The average molecular weight is 264 g/mol. The van der Waals surface area contributed by atoms with Crippen molar-refractivity contribution >= 4 is 11.6 Å². The molecule has 0 saturated carbocycles. The van der Waals surface area contributed by atoms with Gasteiger partial charge >= 0.3 is 0 Å². The van der Waals surface area contributed by atoms with Gasteiger partial charge in [0.15, 0.2) is 0 Å². The summed E-state index contributed by atoms with van der Waals surface area (Å²) in [5.41, 5.74) is 6.83. The van der Waals surface area contributed by atoms with Gasteiger partial charge in [-0.3, -0.25) is 4.79 Å². The smallest absolute Gasteiger partial charge is 0.256 e. The van der Waals surface area contributed by atoms with Gasteiger partial charge in [-0.25, -0.2) is 0 Å². The number of benzene rings is 1. The van der Waals surface area contributed by atoms with Crippen LogP contribution in [-0.2, 0) is 0 Å². The lowest BCUT2D eigenvalue weighted by molar-refractivity contribution is 0.0719. The van der Waals surface area contributed by atoms with Crippen LogP contribution in [0.4, 0.5) is 5.69 Å². The molecule has 0 aromatic heterocycles. The van der Waals surface area contributed by atoms with Gasteiger partial charge in [0, 0.05) is 18.8 Å². The summed E-state index contributed by atoms with van der Waals surface area (Å²) >= 11 is 0.